The third-order valence-corrected chi connectivity index (χ3v) is 2.29. The first kappa shape index (κ1) is 10.4. The molecule has 0 saturated heterocycles. The summed E-state index contributed by atoms with van der Waals surface area (Å²) >= 11 is 0. The molecule has 1 N–H and O–H groups in total. The van der Waals surface area contributed by atoms with E-state index < -0.39 is 5.97 Å². The Bertz CT molecular complexity index is 519. The van der Waals surface area contributed by atoms with Crippen LogP contribution in [0.1, 0.15) is 16.1 Å². The van der Waals surface area contributed by atoms with Crippen LogP contribution in [0.3, 0.4) is 0 Å². The first-order valence-corrected chi connectivity index (χ1v) is 4.80. The van der Waals surface area contributed by atoms with Crippen LogP contribution >= 0.6 is 0 Å². The van der Waals surface area contributed by atoms with Gasteiger partial charge in [0.1, 0.15) is 11.5 Å². The standard InChI is InChI=1S/C12H10FNO2/c13-10-4-1-3-9(7-10)8-14-6-2-5-11(14)12(15)16/h1-7H,8H2,(H,15,16). The highest BCUT2D eigenvalue weighted by molar-refractivity contribution is 5.85. The van der Waals surface area contributed by atoms with Crippen molar-refractivity contribution in [2.45, 2.75) is 6.54 Å². The van der Waals surface area contributed by atoms with Crippen LogP contribution in [-0.4, -0.2) is 15.6 Å². The summed E-state index contributed by atoms with van der Waals surface area (Å²) in [5.74, 6) is -1.30. The van der Waals surface area contributed by atoms with Crippen LogP contribution in [0.5, 0.6) is 0 Å². The van der Waals surface area contributed by atoms with Crippen molar-refractivity contribution >= 4 is 5.97 Å². The van der Waals surface area contributed by atoms with Crippen LogP contribution < -0.4 is 0 Å². The maximum atomic E-state index is 12.9. The monoisotopic (exact) mass is 219 g/mol. The van der Waals surface area contributed by atoms with E-state index >= 15 is 0 Å². The lowest BCUT2D eigenvalue weighted by Gasteiger charge is -2.06. The molecule has 0 fully saturated rings. The third kappa shape index (κ3) is 2.11. The van der Waals surface area contributed by atoms with Crippen molar-refractivity contribution in [1.29, 1.82) is 0 Å². The van der Waals surface area contributed by atoms with Crippen molar-refractivity contribution in [2.24, 2.45) is 0 Å². The highest BCUT2D eigenvalue weighted by Crippen LogP contribution is 2.09. The third-order valence-electron chi connectivity index (χ3n) is 2.29. The minimum atomic E-state index is -0.985. The van der Waals surface area contributed by atoms with Gasteiger partial charge in [0.2, 0.25) is 0 Å². The van der Waals surface area contributed by atoms with Gasteiger partial charge in [-0.05, 0) is 29.8 Å². The van der Waals surface area contributed by atoms with E-state index in [0.717, 1.165) is 5.56 Å². The molecule has 0 aliphatic carbocycles. The quantitative estimate of drug-likeness (QED) is 0.861. The van der Waals surface area contributed by atoms with Gasteiger partial charge in [0.05, 0.1) is 0 Å². The smallest absolute Gasteiger partial charge is 0.352 e. The van der Waals surface area contributed by atoms with Gasteiger partial charge < -0.3 is 9.67 Å². The lowest BCUT2D eigenvalue weighted by Crippen LogP contribution is -2.08. The fourth-order valence-corrected chi connectivity index (χ4v) is 1.58. The summed E-state index contributed by atoms with van der Waals surface area (Å²) in [7, 11) is 0. The molecule has 0 amide bonds. The van der Waals surface area contributed by atoms with Crippen molar-refractivity contribution in [3.05, 3.63) is 59.7 Å². The number of hydrogen-bond donors (Lipinski definition) is 1. The Morgan fingerprint density at radius 2 is 2.12 bits per heavy atom. The zero-order chi connectivity index (χ0) is 11.5. The summed E-state index contributed by atoms with van der Waals surface area (Å²) < 4.78 is 14.5. The number of benzene rings is 1. The molecule has 0 saturated carbocycles. The Labute approximate surface area is 91.8 Å². The molecule has 0 atom stereocenters. The van der Waals surface area contributed by atoms with Gasteiger partial charge in [0.15, 0.2) is 0 Å². The van der Waals surface area contributed by atoms with Gasteiger partial charge in [0.25, 0.3) is 0 Å². The van der Waals surface area contributed by atoms with Crippen LogP contribution in [0, 0.1) is 5.82 Å². The number of carboxylic acid groups (broad SMARTS) is 1. The average Bonchev–Trinajstić information content (AvgIpc) is 2.66. The Balaban J connectivity index is 2.27. The van der Waals surface area contributed by atoms with Crippen LogP contribution in [-0.2, 0) is 6.54 Å². The van der Waals surface area contributed by atoms with Crippen molar-refractivity contribution in [1.82, 2.24) is 4.57 Å². The van der Waals surface area contributed by atoms with Crippen LogP contribution in [0.4, 0.5) is 4.39 Å². The molecule has 4 heteroatoms. The summed E-state index contributed by atoms with van der Waals surface area (Å²) in [6.07, 6.45) is 1.66. The number of halogens is 1. The van der Waals surface area contributed by atoms with Gasteiger partial charge in [-0.25, -0.2) is 9.18 Å². The maximum absolute atomic E-state index is 12.9. The van der Waals surface area contributed by atoms with E-state index in [2.05, 4.69) is 0 Å². The minimum absolute atomic E-state index is 0.198. The summed E-state index contributed by atoms with van der Waals surface area (Å²) in [5.41, 5.74) is 0.933. The first-order chi connectivity index (χ1) is 7.66. The zero-order valence-corrected chi connectivity index (χ0v) is 8.43. The molecular weight excluding hydrogens is 209 g/mol. The first-order valence-electron chi connectivity index (χ1n) is 4.80. The van der Waals surface area contributed by atoms with E-state index in [0.29, 0.717) is 6.54 Å². The van der Waals surface area contributed by atoms with E-state index in [1.54, 1.807) is 29.0 Å². The van der Waals surface area contributed by atoms with Gasteiger partial charge >= 0.3 is 5.97 Å². The van der Waals surface area contributed by atoms with E-state index in [9.17, 15) is 9.18 Å². The van der Waals surface area contributed by atoms with Crippen molar-refractivity contribution in [3.8, 4) is 0 Å². The van der Waals surface area contributed by atoms with Gasteiger partial charge in [-0.2, -0.15) is 0 Å². The molecule has 82 valence electrons. The largest absolute Gasteiger partial charge is 0.477 e. The molecule has 3 nitrogen and oxygen atoms in total. The lowest BCUT2D eigenvalue weighted by atomic mass is 10.2. The number of carbonyl (C=O) groups is 1. The number of aromatic carboxylic acids is 1. The fourth-order valence-electron chi connectivity index (χ4n) is 1.58. The van der Waals surface area contributed by atoms with Gasteiger partial charge in [0, 0.05) is 12.7 Å². The predicted molar refractivity (Wildman–Crippen MR) is 56.9 cm³/mol. The Morgan fingerprint density at radius 1 is 1.31 bits per heavy atom. The van der Waals surface area contributed by atoms with Crippen molar-refractivity contribution in [2.75, 3.05) is 0 Å². The normalized spacial score (nSPS) is 10.3. The molecule has 1 aromatic carbocycles. The second kappa shape index (κ2) is 4.18. The minimum Gasteiger partial charge on any atom is -0.477 e. The van der Waals surface area contributed by atoms with E-state index in [4.69, 9.17) is 5.11 Å². The number of rotatable bonds is 3. The SMILES string of the molecule is O=C(O)c1cccn1Cc1cccc(F)c1. The van der Waals surface area contributed by atoms with Crippen LogP contribution in [0.2, 0.25) is 0 Å². The highest BCUT2D eigenvalue weighted by atomic mass is 19.1. The van der Waals surface area contributed by atoms with E-state index in [1.807, 2.05) is 0 Å². The fraction of sp³-hybridized carbons (Fsp3) is 0.0833. The second-order valence-electron chi connectivity index (χ2n) is 3.46. The topological polar surface area (TPSA) is 42.2 Å². The Hall–Kier alpha value is -2.10. The van der Waals surface area contributed by atoms with E-state index in [-0.39, 0.29) is 11.5 Å². The molecule has 0 spiro atoms. The zero-order valence-electron chi connectivity index (χ0n) is 8.43. The highest BCUT2D eigenvalue weighted by Gasteiger charge is 2.08. The molecular formula is C12H10FNO2. The van der Waals surface area contributed by atoms with Gasteiger partial charge in [-0.1, -0.05) is 12.1 Å². The number of carboxylic acids is 1. The lowest BCUT2D eigenvalue weighted by molar-refractivity contribution is 0.0685. The molecule has 2 aromatic rings. The molecule has 0 bridgehead atoms. The Morgan fingerprint density at radius 3 is 2.81 bits per heavy atom. The number of nitrogens with zero attached hydrogens (tertiary/aromatic N) is 1. The average molecular weight is 219 g/mol. The van der Waals surface area contributed by atoms with Crippen molar-refractivity contribution < 1.29 is 14.3 Å². The Kier molecular flexibility index (Phi) is 2.72. The molecule has 0 unspecified atom stereocenters. The molecule has 2 rings (SSSR count). The van der Waals surface area contributed by atoms with Gasteiger partial charge in [-0.3, -0.25) is 0 Å². The molecule has 0 aliphatic heterocycles. The number of aromatic nitrogens is 1. The molecule has 0 radical (unpaired) electrons. The van der Waals surface area contributed by atoms with E-state index in [1.165, 1.54) is 18.2 Å². The second-order valence-corrected chi connectivity index (χ2v) is 3.46. The molecule has 0 aliphatic rings. The summed E-state index contributed by atoms with van der Waals surface area (Å²) in [5, 5.41) is 8.89. The summed E-state index contributed by atoms with van der Waals surface area (Å²) in [4.78, 5) is 10.8. The summed E-state index contributed by atoms with van der Waals surface area (Å²) in [6.45, 7) is 0.354. The predicted octanol–water partition coefficient (Wildman–Crippen LogP) is 2.37. The summed E-state index contributed by atoms with van der Waals surface area (Å²) in [6, 6.07) is 9.29. The van der Waals surface area contributed by atoms with Gasteiger partial charge in [-0.15, -0.1) is 0 Å². The molecule has 1 heterocycles. The molecule has 16 heavy (non-hydrogen) atoms. The van der Waals surface area contributed by atoms with Crippen LogP contribution in [0.25, 0.3) is 0 Å². The molecule has 1 aromatic heterocycles. The maximum Gasteiger partial charge on any atom is 0.352 e. The number of hydrogen-bond acceptors (Lipinski definition) is 1. The van der Waals surface area contributed by atoms with Crippen molar-refractivity contribution in [3.63, 3.8) is 0 Å². The van der Waals surface area contributed by atoms with Crippen LogP contribution in [0.15, 0.2) is 42.6 Å².